The number of amides is 1. The summed E-state index contributed by atoms with van der Waals surface area (Å²) in [5.74, 6) is -0.644. The van der Waals surface area contributed by atoms with E-state index in [2.05, 4.69) is 0 Å². The summed E-state index contributed by atoms with van der Waals surface area (Å²) >= 11 is 6.04. The zero-order chi connectivity index (χ0) is 14.7. The Morgan fingerprint density at radius 1 is 1.40 bits per heavy atom. The van der Waals surface area contributed by atoms with Gasteiger partial charge in [0.15, 0.2) is 0 Å². The van der Waals surface area contributed by atoms with Crippen LogP contribution in [-0.4, -0.2) is 10.5 Å². The molecule has 1 aromatic carbocycles. The van der Waals surface area contributed by atoms with Gasteiger partial charge in [0.25, 0.3) is 5.91 Å². The molecule has 1 unspecified atom stereocenters. The van der Waals surface area contributed by atoms with Gasteiger partial charge in [-0.05, 0) is 18.1 Å². The van der Waals surface area contributed by atoms with Gasteiger partial charge in [-0.2, -0.15) is 0 Å². The fourth-order valence-corrected chi connectivity index (χ4v) is 2.50. The molecule has 0 aliphatic rings. The van der Waals surface area contributed by atoms with E-state index in [0.717, 1.165) is 12.0 Å². The first-order valence-corrected chi connectivity index (χ1v) is 6.73. The molecule has 0 bridgehead atoms. The van der Waals surface area contributed by atoms with Crippen molar-refractivity contribution in [2.24, 2.45) is 5.73 Å². The van der Waals surface area contributed by atoms with Crippen molar-refractivity contribution in [3.05, 3.63) is 64.2 Å². The SMILES string of the molecule is CCC(c1ccccc1)n1cc(Cl)cc(C(N)=O)c1=N. The quantitative estimate of drug-likeness (QED) is 0.892. The molecule has 0 aliphatic heterocycles. The number of carbonyl (C=O) groups excluding carboxylic acids is 1. The van der Waals surface area contributed by atoms with Crippen LogP contribution in [0.25, 0.3) is 0 Å². The molecule has 0 aliphatic carbocycles. The lowest BCUT2D eigenvalue weighted by molar-refractivity contribution is 0.0997. The van der Waals surface area contributed by atoms with Crippen LogP contribution in [0.5, 0.6) is 0 Å². The smallest absolute Gasteiger partial charge is 0.252 e. The first-order valence-electron chi connectivity index (χ1n) is 6.35. The molecule has 0 fully saturated rings. The van der Waals surface area contributed by atoms with Crippen LogP contribution in [0.3, 0.4) is 0 Å². The predicted molar refractivity (Wildman–Crippen MR) is 78.7 cm³/mol. The maximum Gasteiger partial charge on any atom is 0.252 e. The van der Waals surface area contributed by atoms with E-state index in [0.29, 0.717) is 5.02 Å². The lowest BCUT2D eigenvalue weighted by Crippen LogP contribution is -2.32. The van der Waals surface area contributed by atoms with Gasteiger partial charge in [-0.1, -0.05) is 48.9 Å². The van der Waals surface area contributed by atoms with E-state index in [1.807, 2.05) is 37.3 Å². The summed E-state index contributed by atoms with van der Waals surface area (Å²) in [5, 5.41) is 8.55. The first-order chi connectivity index (χ1) is 9.54. The number of rotatable bonds is 4. The number of hydrogen-bond acceptors (Lipinski definition) is 2. The van der Waals surface area contributed by atoms with Crippen molar-refractivity contribution in [2.45, 2.75) is 19.4 Å². The Bertz CT molecular complexity index is 679. The van der Waals surface area contributed by atoms with E-state index >= 15 is 0 Å². The molecule has 1 atom stereocenters. The van der Waals surface area contributed by atoms with Crippen molar-refractivity contribution in [2.75, 3.05) is 0 Å². The molecule has 1 heterocycles. The maximum absolute atomic E-state index is 11.4. The highest BCUT2D eigenvalue weighted by molar-refractivity contribution is 6.30. The molecule has 20 heavy (non-hydrogen) atoms. The summed E-state index contributed by atoms with van der Waals surface area (Å²) in [7, 11) is 0. The second kappa shape index (κ2) is 5.92. The van der Waals surface area contributed by atoms with E-state index < -0.39 is 5.91 Å². The second-order valence-electron chi connectivity index (χ2n) is 4.53. The molecule has 0 saturated heterocycles. The standard InChI is InChI=1S/C15H16ClN3O/c1-2-13(10-6-4-3-5-7-10)19-9-11(16)8-12(14(19)17)15(18)20/h3-9,13,17H,2H2,1H3,(H2,18,20). The van der Waals surface area contributed by atoms with E-state index in [4.69, 9.17) is 22.7 Å². The van der Waals surface area contributed by atoms with Gasteiger partial charge in [-0.25, -0.2) is 0 Å². The summed E-state index contributed by atoms with van der Waals surface area (Å²) < 4.78 is 1.69. The molecule has 0 spiro atoms. The number of halogens is 1. The molecule has 2 rings (SSSR count). The van der Waals surface area contributed by atoms with Crippen LogP contribution in [0.15, 0.2) is 42.6 Å². The normalized spacial score (nSPS) is 12.1. The largest absolute Gasteiger partial charge is 0.365 e. The third kappa shape index (κ3) is 2.75. The van der Waals surface area contributed by atoms with Crippen molar-refractivity contribution in [1.82, 2.24) is 4.57 Å². The Labute approximate surface area is 122 Å². The molecule has 1 amide bonds. The van der Waals surface area contributed by atoms with Crippen molar-refractivity contribution >= 4 is 17.5 Å². The van der Waals surface area contributed by atoms with Crippen LogP contribution in [-0.2, 0) is 0 Å². The van der Waals surface area contributed by atoms with Gasteiger partial charge < -0.3 is 10.3 Å². The van der Waals surface area contributed by atoms with Crippen LogP contribution in [0.1, 0.15) is 35.3 Å². The minimum atomic E-state index is -0.644. The predicted octanol–water partition coefficient (Wildman–Crippen LogP) is 2.72. The minimum Gasteiger partial charge on any atom is -0.365 e. The van der Waals surface area contributed by atoms with Crippen molar-refractivity contribution < 1.29 is 4.79 Å². The first kappa shape index (κ1) is 14.3. The zero-order valence-corrected chi connectivity index (χ0v) is 11.9. The fraction of sp³-hybridized carbons (Fsp3) is 0.200. The summed E-state index contributed by atoms with van der Waals surface area (Å²) in [4.78, 5) is 11.4. The van der Waals surface area contributed by atoms with E-state index in [9.17, 15) is 4.79 Å². The lowest BCUT2D eigenvalue weighted by atomic mass is 10.0. The monoisotopic (exact) mass is 289 g/mol. The Balaban J connectivity index is 2.62. The summed E-state index contributed by atoms with van der Waals surface area (Å²) in [6, 6.07) is 11.2. The Morgan fingerprint density at radius 2 is 2.05 bits per heavy atom. The average molecular weight is 290 g/mol. The Morgan fingerprint density at radius 3 is 2.60 bits per heavy atom. The number of pyridine rings is 1. The van der Waals surface area contributed by atoms with Gasteiger partial charge in [0, 0.05) is 6.20 Å². The highest BCUT2D eigenvalue weighted by Crippen LogP contribution is 2.21. The molecule has 104 valence electrons. The van der Waals surface area contributed by atoms with Crippen molar-refractivity contribution in [3.63, 3.8) is 0 Å². The van der Waals surface area contributed by atoms with Crippen LogP contribution >= 0.6 is 11.6 Å². The molecule has 5 heteroatoms. The van der Waals surface area contributed by atoms with E-state index in [1.54, 1.807) is 10.8 Å². The highest BCUT2D eigenvalue weighted by Gasteiger charge is 2.15. The van der Waals surface area contributed by atoms with Crippen LogP contribution in [0.4, 0.5) is 0 Å². The summed E-state index contributed by atoms with van der Waals surface area (Å²) in [5.41, 5.74) is 6.58. The van der Waals surface area contributed by atoms with E-state index in [-0.39, 0.29) is 17.1 Å². The molecule has 0 radical (unpaired) electrons. The molecular formula is C15H16ClN3O. The number of primary amides is 1. The minimum absolute atomic E-state index is 0.0551. The Kier molecular flexibility index (Phi) is 4.25. The van der Waals surface area contributed by atoms with Gasteiger partial charge in [-0.3, -0.25) is 10.2 Å². The van der Waals surface area contributed by atoms with Crippen LogP contribution in [0.2, 0.25) is 5.02 Å². The average Bonchev–Trinajstić information content (AvgIpc) is 2.44. The molecule has 4 nitrogen and oxygen atoms in total. The number of hydrogen-bond donors (Lipinski definition) is 2. The fourth-order valence-electron chi connectivity index (χ4n) is 2.28. The van der Waals surface area contributed by atoms with Gasteiger partial charge in [0.1, 0.15) is 5.49 Å². The van der Waals surface area contributed by atoms with Crippen LogP contribution < -0.4 is 11.2 Å². The number of nitrogens with zero attached hydrogens (tertiary/aromatic N) is 1. The third-order valence-electron chi connectivity index (χ3n) is 3.23. The molecule has 0 saturated carbocycles. The molecule has 3 N–H and O–H groups in total. The summed E-state index contributed by atoms with van der Waals surface area (Å²) in [6.07, 6.45) is 2.44. The third-order valence-corrected chi connectivity index (χ3v) is 3.44. The van der Waals surface area contributed by atoms with Crippen molar-refractivity contribution in [3.8, 4) is 0 Å². The lowest BCUT2D eigenvalue weighted by Gasteiger charge is -2.21. The molecule has 2 aromatic rings. The van der Waals surface area contributed by atoms with Crippen LogP contribution in [0, 0.1) is 5.41 Å². The zero-order valence-electron chi connectivity index (χ0n) is 11.1. The van der Waals surface area contributed by atoms with E-state index in [1.165, 1.54) is 6.07 Å². The highest BCUT2D eigenvalue weighted by atomic mass is 35.5. The van der Waals surface area contributed by atoms with Gasteiger partial charge in [-0.15, -0.1) is 0 Å². The summed E-state index contributed by atoms with van der Waals surface area (Å²) in [6.45, 7) is 2.02. The Hall–Kier alpha value is -2.07. The maximum atomic E-state index is 11.4. The van der Waals surface area contributed by atoms with Gasteiger partial charge >= 0.3 is 0 Å². The van der Waals surface area contributed by atoms with Gasteiger partial charge in [0.05, 0.1) is 16.6 Å². The van der Waals surface area contributed by atoms with Crippen molar-refractivity contribution in [1.29, 1.82) is 5.41 Å². The second-order valence-corrected chi connectivity index (χ2v) is 4.96. The number of nitrogens with two attached hydrogens (primary N) is 1. The van der Waals surface area contributed by atoms with Gasteiger partial charge in [0.2, 0.25) is 0 Å². The number of nitrogens with one attached hydrogen (secondary N) is 1. The number of aromatic nitrogens is 1. The number of carbonyl (C=O) groups is 1. The molecule has 1 aromatic heterocycles. The number of benzene rings is 1. The topological polar surface area (TPSA) is 71.9 Å². The molecular weight excluding hydrogens is 274 g/mol.